The predicted molar refractivity (Wildman–Crippen MR) is 82.2 cm³/mol. The van der Waals surface area contributed by atoms with Crippen molar-refractivity contribution >= 4 is 44.3 Å². The van der Waals surface area contributed by atoms with E-state index < -0.39 is 0 Å². The fourth-order valence-corrected chi connectivity index (χ4v) is 3.18. The summed E-state index contributed by atoms with van der Waals surface area (Å²) in [6.07, 6.45) is 1.58. The van der Waals surface area contributed by atoms with Crippen LogP contribution in [-0.4, -0.2) is 9.97 Å². The molecule has 0 amide bonds. The van der Waals surface area contributed by atoms with Gasteiger partial charge in [-0.1, -0.05) is 23.9 Å². The highest BCUT2D eigenvalue weighted by atomic mass is 79.9. The highest BCUT2D eigenvalue weighted by Crippen LogP contribution is 2.35. The van der Waals surface area contributed by atoms with Gasteiger partial charge in [-0.05, 0) is 46.3 Å². The zero-order chi connectivity index (χ0) is 13.2. The van der Waals surface area contributed by atoms with Crippen LogP contribution in [0.2, 0.25) is 0 Å². The van der Waals surface area contributed by atoms with Crippen molar-refractivity contribution in [2.45, 2.75) is 9.92 Å². The van der Waals surface area contributed by atoms with Gasteiger partial charge in [0.2, 0.25) is 0 Å². The smallest absolute Gasteiger partial charge is 0.117 e. The molecule has 3 nitrogen and oxygen atoms in total. The van der Waals surface area contributed by atoms with Gasteiger partial charge in [-0.15, -0.1) is 0 Å². The first-order valence-corrected chi connectivity index (χ1v) is 7.27. The molecule has 0 saturated carbocycles. The molecule has 0 fully saturated rings. The van der Waals surface area contributed by atoms with E-state index in [0.29, 0.717) is 0 Å². The summed E-state index contributed by atoms with van der Waals surface area (Å²) in [5.74, 6) is 0. The second kappa shape index (κ2) is 5.19. The lowest BCUT2D eigenvalue weighted by Crippen LogP contribution is -1.90. The van der Waals surface area contributed by atoms with Crippen LogP contribution in [0.3, 0.4) is 0 Å². The van der Waals surface area contributed by atoms with Gasteiger partial charge in [-0.3, -0.25) is 0 Å². The highest BCUT2D eigenvalue weighted by molar-refractivity contribution is 9.10. The van der Waals surface area contributed by atoms with Gasteiger partial charge in [0.25, 0.3) is 0 Å². The molecular weight excluding hydrogens is 322 g/mol. The van der Waals surface area contributed by atoms with Gasteiger partial charge in [0.15, 0.2) is 0 Å². The molecule has 0 aliphatic carbocycles. The Morgan fingerprint density at radius 3 is 2.74 bits per heavy atom. The van der Waals surface area contributed by atoms with Crippen LogP contribution in [0.15, 0.2) is 63.2 Å². The van der Waals surface area contributed by atoms with Crippen molar-refractivity contribution in [1.29, 1.82) is 0 Å². The van der Waals surface area contributed by atoms with Crippen molar-refractivity contribution in [2.75, 3.05) is 5.73 Å². The minimum atomic E-state index is 0.719. The number of benzene rings is 2. The maximum absolute atomic E-state index is 5.84. The van der Waals surface area contributed by atoms with Crippen molar-refractivity contribution in [3.63, 3.8) is 0 Å². The molecule has 5 heteroatoms. The van der Waals surface area contributed by atoms with E-state index in [1.54, 1.807) is 18.1 Å². The number of rotatable bonds is 2. The molecule has 0 radical (unpaired) electrons. The number of nitrogen functional groups attached to an aromatic ring is 1. The summed E-state index contributed by atoms with van der Waals surface area (Å²) in [5, 5.41) is 1.88. The van der Waals surface area contributed by atoms with Crippen LogP contribution in [-0.2, 0) is 0 Å². The van der Waals surface area contributed by atoms with Crippen molar-refractivity contribution in [3.8, 4) is 0 Å². The molecule has 3 rings (SSSR count). The number of fused-ring (bicyclic) bond motifs is 1. The van der Waals surface area contributed by atoms with Crippen LogP contribution in [0, 0.1) is 0 Å². The largest absolute Gasteiger partial charge is 0.399 e. The number of halogens is 1. The van der Waals surface area contributed by atoms with E-state index in [2.05, 4.69) is 32.0 Å². The third-order valence-electron chi connectivity index (χ3n) is 2.67. The summed E-state index contributed by atoms with van der Waals surface area (Å²) in [5.41, 5.74) is 7.46. The molecule has 0 aliphatic heterocycles. The summed E-state index contributed by atoms with van der Waals surface area (Å²) in [7, 11) is 0. The Morgan fingerprint density at radius 2 is 1.89 bits per heavy atom. The van der Waals surface area contributed by atoms with Crippen LogP contribution in [0.4, 0.5) is 5.69 Å². The quantitative estimate of drug-likeness (QED) is 0.566. The first-order valence-electron chi connectivity index (χ1n) is 5.66. The van der Waals surface area contributed by atoms with E-state index in [0.717, 1.165) is 31.0 Å². The van der Waals surface area contributed by atoms with Crippen LogP contribution in [0.5, 0.6) is 0 Å². The minimum Gasteiger partial charge on any atom is -0.399 e. The molecule has 0 atom stereocenters. The topological polar surface area (TPSA) is 51.8 Å². The summed E-state index contributed by atoms with van der Waals surface area (Å²) in [4.78, 5) is 9.73. The Labute approximate surface area is 123 Å². The SMILES string of the molecule is Nc1ccc2ncnc(Sc3ccccc3Br)c2c1. The molecule has 0 bridgehead atoms. The van der Waals surface area contributed by atoms with E-state index in [4.69, 9.17) is 5.73 Å². The maximum atomic E-state index is 5.84. The number of hydrogen-bond acceptors (Lipinski definition) is 4. The lowest BCUT2D eigenvalue weighted by atomic mass is 10.2. The third-order valence-corrected chi connectivity index (χ3v) is 4.71. The maximum Gasteiger partial charge on any atom is 0.117 e. The standard InChI is InChI=1S/C14H10BrN3S/c15-11-3-1-2-4-13(11)19-14-10-7-9(16)5-6-12(10)17-8-18-14/h1-8H,16H2. The normalized spacial score (nSPS) is 10.8. The molecule has 1 heterocycles. The van der Waals surface area contributed by atoms with Crippen molar-refractivity contribution < 1.29 is 0 Å². The van der Waals surface area contributed by atoms with Gasteiger partial charge in [0.1, 0.15) is 11.4 Å². The van der Waals surface area contributed by atoms with Crippen molar-refractivity contribution in [1.82, 2.24) is 9.97 Å². The Kier molecular flexibility index (Phi) is 3.40. The molecule has 0 saturated heterocycles. The Hall–Kier alpha value is -1.59. The number of nitrogens with zero attached hydrogens (tertiary/aromatic N) is 2. The summed E-state index contributed by atoms with van der Waals surface area (Å²) < 4.78 is 1.05. The number of anilines is 1. The molecule has 0 unspecified atom stereocenters. The van der Waals surface area contributed by atoms with E-state index in [1.165, 1.54) is 0 Å². The van der Waals surface area contributed by atoms with E-state index >= 15 is 0 Å². The number of hydrogen-bond donors (Lipinski definition) is 1. The lowest BCUT2D eigenvalue weighted by molar-refractivity contribution is 1.10. The van der Waals surface area contributed by atoms with Gasteiger partial charge in [-0.2, -0.15) is 0 Å². The summed E-state index contributed by atoms with van der Waals surface area (Å²) in [6, 6.07) is 13.7. The molecule has 19 heavy (non-hydrogen) atoms. The van der Waals surface area contributed by atoms with E-state index in [-0.39, 0.29) is 0 Å². The Balaban J connectivity index is 2.10. The average molecular weight is 332 g/mol. The van der Waals surface area contributed by atoms with Gasteiger partial charge >= 0.3 is 0 Å². The molecule has 2 aromatic carbocycles. The van der Waals surface area contributed by atoms with E-state index in [1.807, 2.05) is 36.4 Å². The minimum absolute atomic E-state index is 0.719. The zero-order valence-electron chi connectivity index (χ0n) is 9.88. The molecular formula is C14H10BrN3S. The second-order valence-corrected chi connectivity index (χ2v) is 5.87. The predicted octanol–water partition coefficient (Wildman–Crippen LogP) is 4.13. The Bertz CT molecular complexity index is 746. The van der Waals surface area contributed by atoms with Crippen molar-refractivity contribution in [2.24, 2.45) is 0 Å². The highest BCUT2D eigenvalue weighted by Gasteiger charge is 2.08. The van der Waals surface area contributed by atoms with Crippen LogP contribution in [0.1, 0.15) is 0 Å². The molecule has 2 N–H and O–H groups in total. The monoisotopic (exact) mass is 331 g/mol. The molecule has 94 valence electrons. The summed E-state index contributed by atoms with van der Waals surface area (Å²) >= 11 is 5.14. The Morgan fingerprint density at radius 1 is 1.05 bits per heavy atom. The van der Waals surface area contributed by atoms with Crippen LogP contribution in [0.25, 0.3) is 10.9 Å². The third kappa shape index (κ3) is 2.57. The molecule has 0 spiro atoms. The first-order chi connectivity index (χ1) is 9.24. The van der Waals surface area contributed by atoms with Gasteiger partial charge in [-0.25, -0.2) is 9.97 Å². The second-order valence-electron chi connectivity index (χ2n) is 3.99. The van der Waals surface area contributed by atoms with Crippen LogP contribution < -0.4 is 5.73 Å². The van der Waals surface area contributed by atoms with Gasteiger partial charge < -0.3 is 5.73 Å². The van der Waals surface area contributed by atoms with Crippen molar-refractivity contribution in [3.05, 3.63) is 53.3 Å². The zero-order valence-corrected chi connectivity index (χ0v) is 12.3. The van der Waals surface area contributed by atoms with E-state index in [9.17, 15) is 0 Å². The number of nitrogens with two attached hydrogens (primary N) is 1. The van der Waals surface area contributed by atoms with Gasteiger partial charge in [0.05, 0.1) is 5.52 Å². The molecule has 1 aromatic heterocycles. The first kappa shape index (κ1) is 12.4. The van der Waals surface area contributed by atoms with Crippen LogP contribution >= 0.6 is 27.7 Å². The average Bonchev–Trinajstić information content (AvgIpc) is 2.42. The summed E-state index contributed by atoms with van der Waals surface area (Å²) in [6.45, 7) is 0. The fourth-order valence-electron chi connectivity index (χ4n) is 1.76. The molecule has 3 aromatic rings. The van der Waals surface area contributed by atoms with Gasteiger partial charge in [0, 0.05) is 20.4 Å². The number of aromatic nitrogens is 2. The lowest BCUT2D eigenvalue weighted by Gasteiger charge is -2.06. The molecule has 0 aliphatic rings. The fraction of sp³-hybridized carbons (Fsp3) is 0.